The van der Waals surface area contributed by atoms with E-state index in [1.54, 1.807) is 12.1 Å². The van der Waals surface area contributed by atoms with Crippen LogP contribution in [0.4, 0.5) is 4.39 Å². The van der Waals surface area contributed by atoms with Crippen LogP contribution in [0.2, 0.25) is 0 Å². The molecule has 0 aliphatic heterocycles. The second-order valence-corrected chi connectivity index (χ2v) is 5.85. The molecule has 20 heavy (non-hydrogen) atoms. The molecule has 0 radical (unpaired) electrons. The number of rotatable bonds is 6. The van der Waals surface area contributed by atoms with E-state index in [1.807, 2.05) is 36.4 Å². The fourth-order valence-electron chi connectivity index (χ4n) is 1.99. The highest BCUT2D eigenvalue weighted by atomic mass is 32.2. The Balaban J connectivity index is 2.00. The molecule has 0 saturated carbocycles. The molecule has 0 fully saturated rings. The summed E-state index contributed by atoms with van der Waals surface area (Å²) in [4.78, 5) is 0.612. The number of aliphatic hydroxyl groups excluding tert-OH is 1. The molecule has 0 heterocycles. The maximum atomic E-state index is 13.5. The Kier molecular flexibility index (Phi) is 5.17. The van der Waals surface area contributed by atoms with Crippen molar-refractivity contribution in [2.24, 2.45) is 5.73 Å². The van der Waals surface area contributed by atoms with E-state index in [9.17, 15) is 9.50 Å². The lowest BCUT2D eigenvalue weighted by Crippen LogP contribution is -2.41. The van der Waals surface area contributed by atoms with Crippen LogP contribution in [0.3, 0.4) is 0 Å². The minimum atomic E-state index is -0.778. The molecule has 0 aliphatic carbocycles. The molecule has 2 aromatic rings. The maximum absolute atomic E-state index is 13.5. The van der Waals surface area contributed by atoms with Gasteiger partial charge in [-0.15, -0.1) is 11.8 Å². The van der Waals surface area contributed by atoms with Gasteiger partial charge < -0.3 is 10.8 Å². The second kappa shape index (κ2) is 6.88. The SMILES string of the molecule is NC(CO)(CCSc1ccccc1F)c1ccccc1. The highest BCUT2D eigenvalue weighted by molar-refractivity contribution is 7.99. The highest BCUT2D eigenvalue weighted by Gasteiger charge is 2.25. The number of benzene rings is 2. The molecule has 3 N–H and O–H groups in total. The highest BCUT2D eigenvalue weighted by Crippen LogP contribution is 2.27. The predicted octanol–water partition coefficient (Wildman–Crippen LogP) is 3.15. The van der Waals surface area contributed by atoms with E-state index in [-0.39, 0.29) is 12.4 Å². The van der Waals surface area contributed by atoms with Crippen molar-refractivity contribution in [1.29, 1.82) is 0 Å². The van der Waals surface area contributed by atoms with Crippen LogP contribution in [-0.4, -0.2) is 17.5 Å². The van der Waals surface area contributed by atoms with Crippen molar-refractivity contribution in [3.8, 4) is 0 Å². The van der Waals surface area contributed by atoms with E-state index >= 15 is 0 Å². The molecular weight excluding hydrogens is 273 g/mol. The number of nitrogens with two attached hydrogens (primary N) is 1. The molecule has 2 aromatic carbocycles. The summed E-state index contributed by atoms with van der Waals surface area (Å²) in [5.41, 5.74) is 6.39. The summed E-state index contributed by atoms with van der Waals surface area (Å²) in [5.74, 6) is 0.427. The van der Waals surface area contributed by atoms with Crippen LogP contribution in [0, 0.1) is 5.82 Å². The van der Waals surface area contributed by atoms with E-state index in [2.05, 4.69) is 0 Å². The number of hydrogen-bond donors (Lipinski definition) is 2. The van der Waals surface area contributed by atoms with Gasteiger partial charge >= 0.3 is 0 Å². The van der Waals surface area contributed by atoms with Crippen molar-refractivity contribution in [2.45, 2.75) is 16.9 Å². The van der Waals surface area contributed by atoms with Crippen LogP contribution in [0.5, 0.6) is 0 Å². The molecule has 2 rings (SSSR count). The molecule has 2 nitrogen and oxygen atoms in total. The van der Waals surface area contributed by atoms with Crippen LogP contribution in [-0.2, 0) is 5.54 Å². The number of halogens is 1. The first-order chi connectivity index (χ1) is 9.65. The van der Waals surface area contributed by atoms with Crippen molar-refractivity contribution < 1.29 is 9.50 Å². The predicted molar refractivity (Wildman–Crippen MR) is 81.1 cm³/mol. The van der Waals surface area contributed by atoms with Crippen molar-refractivity contribution >= 4 is 11.8 Å². The molecule has 0 spiro atoms. The quantitative estimate of drug-likeness (QED) is 0.804. The summed E-state index contributed by atoms with van der Waals surface area (Å²) in [6.07, 6.45) is 0.576. The van der Waals surface area contributed by atoms with Crippen molar-refractivity contribution in [3.63, 3.8) is 0 Å². The monoisotopic (exact) mass is 291 g/mol. The van der Waals surface area contributed by atoms with Gasteiger partial charge in [0.2, 0.25) is 0 Å². The third-order valence-electron chi connectivity index (χ3n) is 3.27. The average Bonchev–Trinajstić information content (AvgIpc) is 2.50. The zero-order chi connectivity index (χ0) is 14.4. The fraction of sp³-hybridized carbons (Fsp3) is 0.250. The maximum Gasteiger partial charge on any atom is 0.136 e. The number of aliphatic hydroxyl groups is 1. The molecule has 0 bridgehead atoms. The van der Waals surface area contributed by atoms with Gasteiger partial charge in [-0.3, -0.25) is 0 Å². The Labute approximate surface area is 122 Å². The molecule has 0 amide bonds. The van der Waals surface area contributed by atoms with Gasteiger partial charge in [0.25, 0.3) is 0 Å². The zero-order valence-electron chi connectivity index (χ0n) is 11.1. The molecule has 0 aromatic heterocycles. The molecule has 0 aliphatic rings. The summed E-state index contributed by atoms with van der Waals surface area (Å²) in [5, 5.41) is 9.58. The van der Waals surface area contributed by atoms with Crippen LogP contribution in [0.15, 0.2) is 59.5 Å². The molecule has 1 atom stereocenters. The smallest absolute Gasteiger partial charge is 0.136 e. The minimum absolute atomic E-state index is 0.130. The van der Waals surface area contributed by atoms with Crippen LogP contribution in [0.25, 0.3) is 0 Å². The van der Waals surface area contributed by atoms with Gasteiger partial charge in [0.15, 0.2) is 0 Å². The zero-order valence-corrected chi connectivity index (χ0v) is 11.9. The van der Waals surface area contributed by atoms with Crippen LogP contribution in [0.1, 0.15) is 12.0 Å². The normalized spacial score (nSPS) is 13.9. The minimum Gasteiger partial charge on any atom is -0.394 e. The fourth-order valence-corrected chi connectivity index (χ4v) is 3.06. The van der Waals surface area contributed by atoms with E-state index in [0.717, 1.165) is 5.56 Å². The largest absolute Gasteiger partial charge is 0.394 e. The van der Waals surface area contributed by atoms with E-state index in [4.69, 9.17) is 5.73 Å². The van der Waals surface area contributed by atoms with Crippen molar-refractivity contribution in [2.75, 3.05) is 12.4 Å². The molecule has 106 valence electrons. The molecule has 0 saturated heterocycles. The Morgan fingerprint density at radius 1 is 1.05 bits per heavy atom. The van der Waals surface area contributed by atoms with Gasteiger partial charge in [0.1, 0.15) is 5.82 Å². The second-order valence-electron chi connectivity index (χ2n) is 4.71. The lowest BCUT2D eigenvalue weighted by molar-refractivity contribution is 0.193. The van der Waals surface area contributed by atoms with E-state index in [1.165, 1.54) is 17.8 Å². The molecular formula is C16H18FNOS. The first-order valence-corrected chi connectivity index (χ1v) is 7.47. The Bertz CT molecular complexity index is 549. The molecule has 1 unspecified atom stereocenters. The molecule has 4 heteroatoms. The lowest BCUT2D eigenvalue weighted by Gasteiger charge is -2.27. The van der Waals surface area contributed by atoms with Gasteiger partial charge in [0, 0.05) is 10.6 Å². The Morgan fingerprint density at radius 2 is 1.70 bits per heavy atom. The Morgan fingerprint density at radius 3 is 2.35 bits per heavy atom. The summed E-state index contributed by atoms with van der Waals surface area (Å²) < 4.78 is 13.5. The van der Waals surface area contributed by atoms with Gasteiger partial charge in [-0.2, -0.15) is 0 Å². The lowest BCUT2D eigenvalue weighted by atomic mass is 9.89. The van der Waals surface area contributed by atoms with Gasteiger partial charge in [-0.05, 0) is 24.1 Å². The average molecular weight is 291 g/mol. The van der Waals surface area contributed by atoms with Crippen molar-refractivity contribution in [3.05, 3.63) is 66.0 Å². The van der Waals surface area contributed by atoms with Crippen molar-refractivity contribution in [1.82, 2.24) is 0 Å². The topological polar surface area (TPSA) is 46.2 Å². The summed E-state index contributed by atoms with van der Waals surface area (Å²) in [7, 11) is 0. The first kappa shape index (κ1) is 15.0. The van der Waals surface area contributed by atoms with E-state index in [0.29, 0.717) is 17.1 Å². The van der Waals surface area contributed by atoms with Gasteiger partial charge in [-0.1, -0.05) is 42.5 Å². The summed E-state index contributed by atoms with van der Waals surface area (Å²) >= 11 is 1.42. The Hall–Kier alpha value is -1.36. The standard InChI is InChI=1S/C16H18FNOS/c17-14-8-4-5-9-15(14)20-11-10-16(18,12-19)13-6-2-1-3-7-13/h1-9,19H,10-12,18H2. The summed E-state index contributed by atoms with van der Waals surface area (Å²) in [6, 6.07) is 16.2. The van der Waals surface area contributed by atoms with Crippen LogP contribution < -0.4 is 5.73 Å². The third kappa shape index (κ3) is 3.60. The van der Waals surface area contributed by atoms with Gasteiger partial charge in [0.05, 0.1) is 12.1 Å². The van der Waals surface area contributed by atoms with Crippen LogP contribution >= 0.6 is 11.8 Å². The van der Waals surface area contributed by atoms with E-state index < -0.39 is 5.54 Å². The summed E-state index contributed by atoms with van der Waals surface area (Å²) in [6.45, 7) is -0.130. The van der Waals surface area contributed by atoms with Gasteiger partial charge in [-0.25, -0.2) is 4.39 Å². The third-order valence-corrected chi connectivity index (χ3v) is 4.32. The number of hydrogen-bond acceptors (Lipinski definition) is 3. The first-order valence-electron chi connectivity index (χ1n) is 6.48. The number of thioether (sulfide) groups is 1.